The number of carbonyl (C=O) groups is 1. The van der Waals surface area contributed by atoms with Crippen LogP contribution in [-0.4, -0.2) is 25.7 Å². The molecule has 0 bridgehead atoms. The van der Waals surface area contributed by atoms with Gasteiger partial charge in [-0.2, -0.15) is 0 Å². The van der Waals surface area contributed by atoms with E-state index in [2.05, 4.69) is 26.1 Å². The van der Waals surface area contributed by atoms with Crippen LogP contribution < -0.4 is 5.32 Å². The maximum Gasteiger partial charge on any atom is 0.222 e. The molecule has 0 aliphatic heterocycles. The molecule has 0 radical (unpaired) electrons. The molecule has 0 unspecified atom stereocenters. The summed E-state index contributed by atoms with van der Waals surface area (Å²) >= 11 is 0. The number of carbonyl (C=O) groups excluding carboxylic acids is 1. The van der Waals surface area contributed by atoms with Gasteiger partial charge in [-0.25, -0.2) is 0 Å². The number of ether oxygens (including phenoxy) is 1. The lowest BCUT2D eigenvalue weighted by Gasteiger charge is -2.37. The summed E-state index contributed by atoms with van der Waals surface area (Å²) in [5.74, 6) is 0.931. The minimum Gasteiger partial charge on any atom is -0.384 e. The zero-order chi connectivity index (χ0) is 12.9. The minimum atomic E-state index is 0.131. The van der Waals surface area contributed by atoms with Crippen LogP contribution >= 0.6 is 0 Å². The third kappa shape index (κ3) is 5.07. The number of hydrogen-bond donors (Lipinski definition) is 1. The van der Waals surface area contributed by atoms with E-state index in [1.807, 2.05) is 0 Å². The summed E-state index contributed by atoms with van der Waals surface area (Å²) in [6.45, 7) is 7.46. The molecule has 1 aliphatic rings. The van der Waals surface area contributed by atoms with E-state index in [0.29, 0.717) is 24.5 Å². The highest BCUT2D eigenvalue weighted by molar-refractivity contribution is 5.76. The monoisotopic (exact) mass is 241 g/mol. The molecule has 0 heterocycles. The molecule has 1 N–H and O–H groups in total. The van der Waals surface area contributed by atoms with Gasteiger partial charge in [-0.3, -0.25) is 4.79 Å². The van der Waals surface area contributed by atoms with Gasteiger partial charge in [0.05, 0.1) is 6.61 Å². The summed E-state index contributed by atoms with van der Waals surface area (Å²) in [5, 5.41) is 3.11. The molecular formula is C14H27NO2. The summed E-state index contributed by atoms with van der Waals surface area (Å²) in [4.78, 5) is 11.6. The van der Waals surface area contributed by atoms with Crippen molar-refractivity contribution in [2.45, 2.75) is 58.9 Å². The number of methoxy groups -OCH3 is 1. The van der Waals surface area contributed by atoms with Crippen LogP contribution in [0.5, 0.6) is 0 Å². The normalized spacial score (nSPS) is 25.6. The van der Waals surface area contributed by atoms with E-state index in [1.54, 1.807) is 7.11 Å². The number of nitrogens with one attached hydrogen (secondary N) is 1. The maximum atomic E-state index is 11.6. The first-order valence-electron chi connectivity index (χ1n) is 6.71. The van der Waals surface area contributed by atoms with Gasteiger partial charge in [0, 0.05) is 19.6 Å². The average molecular weight is 241 g/mol. The SMILES string of the molecule is COCCC(=O)N[C@H]1CC[C@H](C(C)(C)C)CC1. The third-order valence-electron chi connectivity index (χ3n) is 3.85. The van der Waals surface area contributed by atoms with Crippen molar-refractivity contribution < 1.29 is 9.53 Å². The first-order valence-corrected chi connectivity index (χ1v) is 6.71. The van der Waals surface area contributed by atoms with Gasteiger partial charge in [0.1, 0.15) is 0 Å². The Kier molecular flexibility index (Phi) is 5.44. The van der Waals surface area contributed by atoms with Crippen LogP contribution in [0.15, 0.2) is 0 Å². The molecule has 0 aromatic heterocycles. The molecule has 0 saturated heterocycles. The minimum absolute atomic E-state index is 0.131. The van der Waals surface area contributed by atoms with Crippen molar-refractivity contribution in [2.24, 2.45) is 11.3 Å². The van der Waals surface area contributed by atoms with Gasteiger partial charge in [-0.05, 0) is 37.0 Å². The van der Waals surface area contributed by atoms with Crippen molar-refractivity contribution in [1.29, 1.82) is 0 Å². The van der Waals surface area contributed by atoms with E-state index in [-0.39, 0.29) is 5.91 Å². The lowest BCUT2D eigenvalue weighted by atomic mass is 9.71. The molecule has 1 amide bonds. The van der Waals surface area contributed by atoms with Crippen molar-refractivity contribution >= 4 is 5.91 Å². The highest BCUT2D eigenvalue weighted by atomic mass is 16.5. The van der Waals surface area contributed by atoms with E-state index in [9.17, 15) is 4.79 Å². The molecule has 0 spiro atoms. The second-order valence-corrected chi connectivity index (χ2v) is 6.22. The summed E-state index contributed by atoms with van der Waals surface area (Å²) in [7, 11) is 1.63. The van der Waals surface area contributed by atoms with Crippen LogP contribution in [0, 0.1) is 11.3 Å². The Labute approximate surface area is 105 Å². The van der Waals surface area contributed by atoms with Crippen molar-refractivity contribution in [3.63, 3.8) is 0 Å². The van der Waals surface area contributed by atoms with Gasteiger partial charge in [0.25, 0.3) is 0 Å². The van der Waals surface area contributed by atoms with Crippen LogP contribution in [0.2, 0.25) is 0 Å². The Morgan fingerprint density at radius 2 is 1.82 bits per heavy atom. The van der Waals surface area contributed by atoms with Gasteiger partial charge < -0.3 is 10.1 Å². The Balaban J connectivity index is 2.25. The maximum absolute atomic E-state index is 11.6. The number of amides is 1. The molecule has 17 heavy (non-hydrogen) atoms. The highest BCUT2D eigenvalue weighted by Gasteiger charge is 2.29. The largest absolute Gasteiger partial charge is 0.384 e. The number of hydrogen-bond acceptors (Lipinski definition) is 2. The smallest absolute Gasteiger partial charge is 0.222 e. The van der Waals surface area contributed by atoms with Crippen LogP contribution in [0.4, 0.5) is 0 Å². The van der Waals surface area contributed by atoms with E-state index in [0.717, 1.165) is 18.8 Å². The van der Waals surface area contributed by atoms with Gasteiger partial charge >= 0.3 is 0 Å². The predicted molar refractivity (Wildman–Crippen MR) is 69.8 cm³/mol. The van der Waals surface area contributed by atoms with Crippen molar-refractivity contribution in [1.82, 2.24) is 5.32 Å². The highest BCUT2D eigenvalue weighted by Crippen LogP contribution is 2.37. The van der Waals surface area contributed by atoms with E-state index >= 15 is 0 Å². The fourth-order valence-corrected chi connectivity index (χ4v) is 2.60. The Hall–Kier alpha value is -0.570. The molecule has 1 saturated carbocycles. The zero-order valence-electron chi connectivity index (χ0n) is 11.7. The van der Waals surface area contributed by atoms with E-state index in [1.165, 1.54) is 12.8 Å². The molecule has 1 fully saturated rings. The molecule has 1 rings (SSSR count). The van der Waals surface area contributed by atoms with Crippen LogP contribution in [-0.2, 0) is 9.53 Å². The molecule has 0 aromatic rings. The van der Waals surface area contributed by atoms with Gasteiger partial charge in [-0.1, -0.05) is 20.8 Å². The van der Waals surface area contributed by atoms with E-state index in [4.69, 9.17) is 4.74 Å². The molecule has 0 aromatic carbocycles. The van der Waals surface area contributed by atoms with E-state index < -0.39 is 0 Å². The van der Waals surface area contributed by atoms with Crippen molar-refractivity contribution in [2.75, 3.05) is 13.7 Å². The Bertz CT molecular complexity index is 237. The van der Waals surface area contributed by atoms with Crippen molar-refractivity contribution in [3.05, 3.63) is 0 Å². The first-order chi connectivity index (χ1) is 7.93. The molecule has 100 valence electrons. The molecule has 1 aliphatic carbocycles. The van der Waals surface area contributed by atoms with Crippen molar-refractivity contribution in [3.8, 4) is 0 Å². The van der Waals surface area contributed by atoms with Crippen LogP contribution in [0.3, 0.4) is 0 Å². The Morgan fingerprint density at radius 3 is 2.29 bits per heavy atom. The fourth-order valence-electron chi connectivity index (χ4n) is 2.60. The van der Waals surface area contributed by atoms with Gasteiger partial charge in [-0.15, -0.1) is 0 Å². The van der Waals surface area contributed by atoms with Crippen LogP contribution in [0.25, 0.3) is 0 Å². The first kappa shape index (κ1) is 14.5. The second kappa shape index (κ2) is 6.39. The third-order valence-corrected chi connectivity index (χ3v) is 3.85. The molecule has 3 nitrogen and oxygen atoms in total. The summed E-state index contributed by atoms with van der Waals surface area (Å²) in [6.07, 6.45) is 5.20. The average Bonchev–Trinajstić information content (AvgIpc) is 2.26. The Morgan fingerprint density at radius 1 is 1.24 bits per heavy atom. The van der Waals surface area contributed by atoms with Crippen LogP contribution in [0.1, 0.15) is 52.9 Å². The molecular weight excluding hydrogens is 214 g/mol. The summed E-state index contributed by atoms with van der Waals surface area (Å²) < 4.78 is 4.90. The number of rotatable bonds is 4. The lowest BCUT2D eigenvalue weighted by Crippen LogP contribution is -2.39. The summed E-state index contributed by atoms with van der Waals surface area (Å²) in [5.41, 5.74) is 0.408. The standard InChI is InChI=1S/C14H27NO2/c1-14(2,3)11-5-7-12(8-6-11)15-13(16)9-10-17-4/h11-12H,5-10H2,1-4H3,(H,15,16)/t11-,12-. The van der Waals surface area contributed by atoms with Gasteiger partial charge in [0.2, 0.25) is 5.91 Å². The zero-order valence-corrected chi connectivity index (χ0v) is 11.7. The topological polar surface area (TPSA) is 38.3 Å². The van der Waals surface area contributed by atoms with Gasteiger partial charge in [0.15, 0.2) is 0 Å². The molecule has 3 heteroatoms. The molecule has 0 atom stereocenters. The summed E-state index contributed by atoms with van der Waals surface area (Å²) in [6, 6.07) is 0.387. The quantitative estimate of drug-likeness (QED) is 0.822. The second-order valence-electron chi connectivity index (χ2n) is 6.22. The fraction of sp³-hybridized carbons (Fsp3) is 0.929. The predicted octanol–water partition coefficient (Wildman–Crippen LogP) is 2.74. The lowest BCUT2D eigenvalue weighted by molar-refractivity contribution is -0.123.